The topological polar surface area (TPSA) is 86.8 Å². The Hall–Kier alpha value is -3.72. The fourth-order valence-electron chi connectivity index (χ4n) is 4.16. The molecule has 208 valence electrons. The standard InChI is InChI=1S/C30H36FN3O4S/c1-22(2)19-32-30(36)28(18-24-10-6-5-7-11-24)33(20-25-13-15-26(31)16-14-25)29(35)21-34(39(4,37)38)27-12-8-9-23(3)17-27/h5-17,22,28H,18-21H2,1-4H3,(H,32,36). The number of nitrogens with zero attached hydrogens (tertiary/aromatic N) is 2. The summed E-state index contributed by atoms with van der Waals surface area (Å²) in [5.41, 5.74) is 2.65. The minimum Gasteiger partial charge on any atom is -0.354 e. The second-order valence-corrected chi connectivity index (χ2v) is 12.0. The van der Waals surface area contributed by atoms with Gasteiger partial charge in [0, 0.05) is 19.5 Å². The fourth-order valence-corrected chi connectivity index (χ4v) is 5.00. The van der Waals surface area contributed by atoms with Crippen LogP contribution in [0.4, 0.5) is 10.1 Å². The van der Waals surface area contributed by atoms with Crippen molar-refractivity contribution in [2.75, 3.05) is 23.7 Å². The quantitative estimate of drug-likeness (QED) is 0.362. The van der Waals surface area contributed by atoms with Gasteiger partial charge >= 0.3 is 0 Å². The number of carbonyl (C=O) groups excluding carboxylic acids is 2. The number of carbonyl (C=O) groups is 2. The summed E-state index contributed by atoms with van der Waals surface area (Å²) in [6.45, 7) is 5.70. The Balaban J connectivity index is 2.04. The highest BCUT2D eigenvalue weighted by molar-refractivity contribution is 7.92. The van der Waals surface area contributed by atoms with E-state index in [1.54, 1.807) is 30.3 Å². The zero-order chi connectivity index (χ0) is 28.6. The van der Waals surface area contributed by atoms with Crippen LogP contribution in [0.2, 0.25) is 0 Å². The van der Waals surface area contributed by atoms with E-state index in [9.17, 15) is 22.4 Å². The van der Waals surface area contributed by atoms with E-state index in [-0.39, 0.29) is 24.8 Å². The predicted molar refractivity (Wildman–Crippen MR) is 152 cm³/mol. The van der Waals surface area contributed by atoms with Crippen LogP contribution in [0.15, 0.2) is 78.9 Å². The van der Waals surface area contributed by atoms with E-state index in [1.807, 2.05) is 57.2 Å². The average molecular weight is 554 g/mol. The molecule has 3 aromatic carbocycles. The normalized spacial score (nSPS) is 12.2. The summed E-state index contributed by atoms with van der Waals surface area (Å²) in [5.74, 6) is -1.12. The van der Waals surface area contributed by atoms with Crippen molar-refractivity contribution in [1.82, 2.24) is 10.2 Å². The van der Waals surface area contributed by atoms with Crippen molar-refractivity contribution in [2.45, 2.75) is 39.8 Å². The number of halogens is 1. The van der Waals surface area contributed by atoms with Gasteiger partial charge in [-0.25, -0.2) is 12.8 Å². The first-order valence-corrected chi connectivity index (χ1v) is 14.7. The lowest BCUT2D eigenvalue weighted by molar-refractivity contribution is -0.140. The molecule has 0 saturated carbocycles. The first-order valence-electron chi connectivity index (χ1n) is 12.8. The van der Waals surface area contributed by atoms with Crippen LogP contribution in [0.3, 0.4) is 0 Å². The predicted octanol–water partition coefficient (Wildman–Crippen LogP) is 4.31. The monoisotopic (exact) mass is 553 g/mol. The zero-order valence-electron chi connectivity index (χ0n) is 22.8. The molecule has 1 unspecified atom stereocenters. The highest BCUT2D eigenvalue weighted by Gasteiger charge is 2.33. The van der Waals surface area contributed by atoms with Crippen LogP contribution in [-0.4, -0.2) is 50.5 Å². The van der Waals surface area contributed by atoms with Crippen molar-refractivity contribution in [3.63, 3.8) is 0 Å². The van der Waals surface area contributed by atoms with Crippen molar-refractivity contribution >= 4 is 27.5 Å². The zero-order valence-corrected chi connectivity index (χ0v) is 23.6. The second-order valence-electron chi connectivity index (χ2n) is 10.1. The molecule has 0 spiro atoms. The van der Waals surface area contributed by atoms with Gasteiger partial charge in [-0.1, -0.05) is 68.4 Å². The van der Waals surface area contributed by atoms with Crippen LogP contribution >= 0.6 is 0 Å². The van der Waals surface area contributed by atoms with Crippen LogP contribution in [-0.2, 0) is 32.6 Å². The summed E-state index contributed by atoms with van der Waals surface area (Å²) in [6.07, 6.45) is 1.27. The van der Waals surface area contributed by atoms with Crippen molar-refractivity contribution in [3.8, 4) is 0 Å². The lowest BCUT2D eigenvalue weighted by Crippen LogP contribution is -2.53. The van der Waals surface area contributed by atoms with Crippen molar-refractivity contribution in [1.29, 1.82) is 0 Å². The summed E-state index contributed by atoms with van der Waals surface area (Å²) in [7, 11) is -3.83. The van der Waals surface area contributed by atoms with E-state index in [0.29, 0.717) is 17.8 Å². The smallest absolute Gasteiger partial charge is 0.244 e. The Morgan fingerprint density at radius 3 is 2.18 bits per heavy atom. The number of hydrogen-bond donors (Lipinski definition) is 1. The van der Waals surface area contributed by atoms with Crippen LogP contribution in [0.5, 0.6) is 0 Å². The molecule has 3 aromatic rings. The molecule has 0 heterocycles. The van der Waals surface area contributed by atoms with Crippen LogP contribution in [0.1, 0.15) is 30.5 Å². The first kappa shape index (κ1) is 29.8. The highest BCUT2D eigenvalue weighted by Crippen LogP contribution is 2.21. The maximum Gasteiger partial charge on any atom is 0.244 e. The number of anilines is 1. The molecule has 0 saturated heterocycles. The molecule has 0 aliphatic carbocycles. The molecule has 0 bridgehead atoms. The summed E-state index contributed by atoms with van der Waals surface area (Å²) in [4.78, 5) is 28.9. The first-order chi connectivity index (χ1) is 18.4. The summed E-state index contributed by atoms with van der Waals surface area (Å²) < 4.78 is 40.3. The molecule has 0 radical (unpaired) electrons. The lowest BCUT2D eigenvalue weighted by atomic mass is 10.0. The summed E-state index contributed by atoms with van der Waals surface area (Å²) >= 11 is 0. The maximum absolute atomic E-state index is 14.0. The van der Waals surface area contributed by atoms with Crippen LogP contribution in [0.25, 0.3) is 0 Å². The molecule has 2 amide bonds. The Kier molecular flexibility index (Phi) is 10.2. The molecule has 3 rings (SSSR count). The Morgan fingerprint density at radius 1 is 0.923 bits per heavy atom. The minimum absolute atomic E-state index is 0.00285. The number of aryl methyl sites for hydroxylation is 1. The summed E-state index contributed by atoms with van der Waals surface area (Å²) in [6, 6.07) is 21.0. The average Bonchev–Trinajstić information content (AvgIpc) is 2.88. The van der Waals surface area contributed by atoms with Crippen molar-refractivity contribution in [2.24, 2.45) is 5.92 Å². The van der Waals surface area contributed by atoms with E-state index in [1.165, 1.54) is 17.0 Å². The lowest BCUT2D eigenvalue weighted by Gasteiger charge is -2.33. The summed E-state index contributed by atoms with van der Waals surface area (Å²) in [5, 5.41) is 2.93. The Morgan fingerprint density at radius 2 is 1.59 bits per heavy atom. The molecule has 7 nitrogen and oxygen atoms in total. The van der Waals surface area contributed by atoms with Gasteiger partial charge in [-0.05, 0) is 53.8 Å². The Labute approximate surface area is 230 Å². The molecule has 0 aromatic heterocycles. The van der Waals surface area contributed by atoms with Gasteiger partial charge < -0.3 is 10.2 Å². The largest absolute Gasteiger partial charge is 0.354 e. The molecule has 0 fully saturated rings. The fraction of sp³-hybridized carbons (Fsp3) is 0.333. The van der Waals surface area contributed by atoms with E-state index in [0.717, 1.165) is 21.7 Å². The van der Waals surface area contributed by atoms with Gasteiger partial charge in [-0.2, -0.15) is 0 Å². The number of rotatable bonds is 12. The van der Waals surface area contributed by atoms with E-state index < -0.39 is 34.3 Å². The van der Waals surface area contributed by atoms with E-state index >= 15 is 0 Å². The number of hydrogen-bond acceptors (Lipinski definition) is 4. The van der Waals surface area contributed by atoms with E-state index in [4.69, 9.17) is 0 Å². The SMILES string of the molecule is Cc1cccc(N(CC(=O)N(Cc2ccc(F)cc2)C(Cc2ccccc2)C(=O)NCC(C)C)S(C)(=O)=O)c1. The minimum atomic E-state index is -3.83. The van der Waals surface area contributed by atoms with Crippen LogP contribution in [0, 0.1) is 18.7 Å². The molecule has 39 heavy (non-hydrogen) atoms. The second kappa shape index (κ2) is 13.4. The van der Waals surface area contributed by atoms with E-state index in [2.05, 4.69) is 5.32 Å². The molecule has 0 aliphatic heterocycles. The third-order valence-corrected chi connectivity index (χ3v) is 7.33. The molecular formula is C30H36FN3O4S. The Bertz CT molecular complexity index is 1360. The van der Waals surface area contributed by atoms with Gasteiger partial charge in [0.1, 0.15) is 18.4 Å². The third kappa shape index (κ3) is 8.92. The van der Waals surface area contributed by atoms with Gasteiger partial charge in [-0.3, -0.25) is 13.9 Å². The number of sulfonamides is 1. The molecule has 0 aliphatic rings. The van der Waals surface area contributed by atoms with Crippen LogP contribution < -0.4 is 9.62 Å². The van der Waals surface area contributed by atoms with Crippen molar-refractivity contribution in [3.05, 3.63) is 101 Å². The van der Waals surface area contributed by atoms with Gasteiger partial charge in [0.05, 0.1) is 11.9 Å². The molecule has 1 N–H and O–H groups in total. The third-order valence-electron chi connectivity index (χ3n) is 6.19. The number of nitrogens with one attached hydrogen (secondary N) is 1. The molecule has 9 heteroatoms. The molecular weight excluding hydrogens is 517 g/mol. The maximum atomic E-state index is 14.0. The van der Waals surface area contributed by atoms with Gasteiger partial charge in [-0.15, -0.1) is 0 Å². The number of benzene rings is 3. The van der Waals surface area contributed by atoms with Gasteiger partial charge in [0.25, 0.3) is 0 Å². The molecule has 1 atom stereocenters. The number of amides is 2. The van der Waals surface area contributed by atoms with Gasteiger partial charge in [0.15, 0.2) is 0 Å². The van der Waals surface area contributed by atoms with Crippen molar-refractivity contribution < 1.29 is 22.4 Å². The van der Waals surface area contributed by atoms with Gasteiger partial charge in [0.2, 0.25) is 21.8 Å². The highest BCUT2D eigenvalue weighted by atomic mass is 32.2.